The molecule has 1 fully saturated rings. The quantitative estimate of drug-likeness (QED) is 0.572. The third-order valence-electron chi connectivity index (χ3n) is 5.32. The lowest BCUT2D eigenvalue weighted by molar-refractivity contribution is 0.0663. The van der Waals surface area contributed by atoms with E-state index in [0.29, 0.717) is 0 Å². The van der Waals surface area contributed by atoms with E-state index >= 15 is 4.39 Å². The number of allylic oxidation sites excluding steroid dienone is 4. The highest BCUT2D eigenvalue weighted by Crippen LogP contribution is 2.45. The summed E-state index contributed by atoms with van der Waals surface area (Å²) in [4.78, 5) is 0. The van der Waals surface area contributed by atoms with Crippen LogP contribution in [0.5, 0.6) is 0 Å². The summed E-state index contributed by atoms with van der Waals surface area (Å²) >= 11 is 0. The number of unbranched alkanes of at least 4 members (excludes halogenated alkanes) is 3. The van der Waals surface area contributed by atoms with Crippen LogP contribution in [-0.2, 0) is 0 Å². The molecule has 0 N–H and O–H groups in total. The first-order valence-electron chi connectivity index (χ1n) is 8.65. The van der Waals surface area contributed by atoms with Gasteiger partial charge >= 0.3 is 0 Å². The minimum absolute atomic E-state index is 0.0234. The van der Waals surface area contributed by atoms with E-state index in [1.54, 1.807) is 24.3 Å². The molecule has 2 aliphatic rings. The molecule has 0 bridgehead atoms. The van der Waals surface area contributed by atoms with E-state index in [2.05, 4.69) is 13.0 Å². The Morgan fingerprint density at radius 1 is 1.14 bits per heavy atom. The third kappa shape index (κ3) is 3.96. The van der Waals surface area contributed by atoms with E-state index in [4.69, 9.17) is 0 Å². The molecule has 0 spiro atoms. The number of alkyl halides is 1. The second-order valence-corrected chi connectivity index (χ2v) is 6.75. The number of halogens is 1. The molecular weight excluding hydrogens is 261 g/mol. The van der Waals surface area contributed by atoms with Gasteiger partial charge in [0.1, 0.15) is 5.92 Å². The van der Waals surface area contributed by atoms with Crippen molar-refractivity contribution >= 4 is 0 Å². The maximum absolute atomic E-state index is 15.2. The average Bonchev–Trinajstić information content (AvgIpc) is 2.52. The van der Waals surface area contributed by atoms with E-state index in [9.17, 15) is 5.26 Å². The third-order valence-corrected chi connectivity index (χ3v) is 5.32. The molecule has 0 heterocycles. The number of hydrogen-bond donors (Lipinski definition) is 0. The monoisotopic (exact) mass is 289 g/mol. The van der Waals surface area contributed by atoms with Crippen LogP contribution in [0.4, 0.5) is 4.39 Å². The van der Waals surface area contributed by atoms with Gasteiger partial charge in [0.05, 0.1) is 6.07 Å². The topological polar surface area (TPSA) is 23.8 Å². The number of hydrogen-bond acceptors (Lipinski definition) is 1. The van der Waals surface area contributed by atoms with Gasteiger partial charge in [-0.25, -0.2) is 4.39 Å². The van der Waals surface area contributed by atoms with Crippen LogP contribution in [-0.4, -0.2) is 5.67 Å². The maximum atomic E-state index is 15.2. The molecule has 0 aromatic carbocycles. The fraction of sp³-hybridized carbons (Fsp3) is 0.737. The SMILES string of the molecule is CCCCCCC1CCC([C@@]2(F)C=CC=C[C@H]2C#N)CC1. The van der Waals surface area contributed by atoms with Gasteiger partial charge in [0, 0.05) is 0 Å². The van der Waals surface area contributed by atoms with Crippen LogP contribution in [0.3, 0.4) is 0 Å². The summed E-state index contributed by atoms with van der Waals surface area (Å²) < 4.78 is 15.2. The molecule has 0 aromatic heterocycles. The zero-order chi connectivity index (χ0) is 15.1. The van der Waals surface area contributed by atoms with Crippen LogP contribution in [0.1, 0.15) is 64.7 Å². The first-order valence-corrected chi connectivity index (χ1v) is 8.65. The molecule has 2 heteroatoms. The van der Waals surface area contributed by atoms with Crippen LogP contribution < -0.4 is 0 Å². The number of nitrogens with zero attached hydrogens (tertiary/aromatic N) is 1. The van der Waals surface area contributed by atoms with Gasteiger partial charge in [-0.3, -0.25) is 0 Å². The summed E-state index contributed by atoms with van der Waals surface area (Å²) in [6.07, 6.45) is 17.7. The predicted molar refractivity (Wildman–Crippen MR) is 85.4 cm³/mol. The van der Waals surface area contributed by atoms with E-state index in [0.717, 1.165) is 31.6 Å². The Morgan fingerprint density at radius 2 is 1.90 bits per heavy atom. The Morgan fingerprint density at radius 3 is 2.57 bits per heavy atom. The van der Waals surface area contributed by atoms with Gasteiger partial charge in [-0.2, -0.15) is 5.26 Å². The lowest BCUT2D eigenvalue weighted by Crippen LogP contribution is -2.40. The van der Waals surface area contributed by atoms with E-state index in [1.165, 1.54) is 32.1 Å². The van der Waals surface area contributed by atoms with Crippen LogP contribution in [0.25, 0.3) is 0 Å². The average molecular weight is 289 g/mol. The van der Waals surface area contributed by atoms with Crippen molar-refractivity contribution in [2.75, 3.05) is 0 Å². The Balaban J connectivity index is 1.82. The number of rotatable bonds is 6. The normalized spacial score (nSPS) is 35.6. The molecule has 0 aliphatic heterocycles. The highest BCUT2D eigenvalue weighted by Gasteiger charge is 2.45. The minimum atomic E-state index is -1.43. The first-order chi connectivity index (χ1) is 10.2. The van der Waals surface area contributed by atoms with Gasteiger partial charge in [-0.1, -0.05) is 70.1 Å². The van der Waals surface area contributed by atoms with E-state index in [1.807, 2.05) is 0 Å². The van der Waals surface area contributed by atoms with Crippen molar-refractivity contribution in [1.29, 1.82) is 5.26 Å². The van der Waals surface area contributed by atoms with Crippen molar-refractivity contribution in [2.45, 2.75) is 70.4 Å². The molecule has 1 nitrogen and oxygen atoms in total. The van der Waals surface area contributed by atoms with Crippen LogP contribution in [0.2, 0.25) is 0 Å². The Kier molecular flexibility index (Phi) is 6.03. The van der Waals surface area contributed by atoms with Crippen LogP contribution in [0.15, 0.2) is 24.3 Å². The van der Waals surface area contributed by atoms with Gasteiger partial charge in [-0.15, -0.1) is 0 Å². The summed E-state index contributed by atoms with van der Waals surface area (Å²) in [7, 11) is 0. The largest absolute Gasteiger partial charge is 0.237 e. The molecule has 2 atom stereocenters. The molecular formula is C19H28FN. The van der Waals surface area contributed by atoms with Crippen molar-refractivity contribution < 1.29 is 4.39 Å². The van der Waals surface area contributed by atoms with Crippen molar-refractivity contribution in [3.05, 3.63) is 24.3 Å². The molecule has 116 valence electrons. The fourth-order valence-electron chi connectivity index (χ4n) is 3.91. The molecule has 0 unspecified atom stereocenters. The van der Waals surface area contributed by atoms with Crippen LogP contribution >= 0.6 is 0 Å². The first kappa shape index (κ1) is 16.3. The second kappa shape index (κ2) is 7.78. The lowest BCUT2D eigenvalue weighted by Gasteiger charge is -2.39. The van der Waals surface area contributed by atoms with Gasteiger partial charge in [0.2, 0.25) is 0 Å². The Bertz CT molecular complexity index is 412. The second-order valence-electron chi connectivity index (χ2n) is 6.75. The summed E-state index contributed by atoms with van der Waals surface area (Å²) in [5.41, 5.74) is -1.43. The highest BCUT2D eigenvalue weighted by molar-refractivity contribution is 5.28. The molecule has 21 heavy (non-hydrogen) atoms. The van der Waals surface area contributed by atoms with Crippen molar-refractivity contribution in [3.63, 3.8) is 0 Å². The van der Waals surface area contributed by atoms with Gasteiger partial charge < -0.3 is 0 Å². The number of nitriles is 1. The molecule has 0 amide bonds. The summed E-state index contributed by atoms with van der Waals surface area (Å²) in [5, 5.41) is 9.20. The Labute approximate surface area is 128 Å². The summed E-state index contributed by atoms with van der Waals surface area (Å²) in [6, 6.07) is 2.14. The van der Waals surface area contributed by atoms with E-state index < -0.39 is 11.6 Å². The predicted octanol–water partition coefficient (Wildman–Crippen LogP) is 5.74. The van der Waals surface area contributed by atoms with Gasteiger partial charge in [-0.05, 0) is 30.8 Å². The zero-order valence-corrected chi connectivity index (χ0v) is 13.2. The molecule has 2 rings (SSSR count). The standard InChI is InChI=1S/C19H28FN/c1-2-3-4-5-8-16-10-12-17(13-11-16)19(20)14-7-6-9-18(19)15-21/h6-7,9,14,16-18H,2-5,8,10-13H2,1H3/t16?,17?,18-,19-/m0/s1. The van der Waals surface area contributed by atoms with Gasteiger partial charge in [0.15, 0.2) is 5.67 Å². The smallest absolute Gasteiger partial charge is 0.151 e. The van der Waals surface area contributed by atoms with E-state index in [-0.39, 0.29) is 5.92 Å². The molecule has 2 aliphatic carbocycles. The van der Waals surface area contributed by atoms with Crippen molar-refractivity contribution in [2.24, 2.45) is 17.8 Å². The van der Waals surface area contributed by atoms with Gasteiger partial charge in [0.25, 0.3) is 0 Å². The minimum Gasteiger partial charge on any atom is -0.237 e. The molecule has 1 saturated carbocycles. The van der Waals surface area contributed by atoms with Crippen LogP contribution in [0, 0.1) is 29.1 Å². The zero-order valence-electron chi connectivity index (χ0n) is 13.2. The fourth-order valence-corrected chi connectivity index (χ4v) is 3.91. The molecule has 0 saturated heterocycles. The van der Waals surface area contributed by atoms with Crippen molar-refractivity contribution in [3.8, 4) is 6.07 Å². The summed E-state index contributed by atoms with van der Waals surface area (Å²) in [6.45, 7) is 2.24. The Hall–Kier alpha value is -1.10. The molecule has 0 aromatic rings. The molecule has 0 radical (unpaired) electrons. The summed E-state index contributed by atoms with van der Waals surface area (Å²) in [5.74, 6) is 0.203. The van der Waals surface area contributed by atoms with Crippen molar-refractivity contribution in [1.82, 2.24) is 0 Å². The lowest BCUT2D eigenvalue weighted by atomic mass is 9.68. The highest BCUT2D eigenvalue weighted by atomic mass is 19.1. The maximum Gasteiger partial charge on any atom is 0.151 e.